The van der Waals surface area contributed by atoms with E-state index in [0.29, 0.717) is 0 Å². The Morgan fingerprint density at radius 3 is 2.33 bits per heavy atom. The molecule has 1 aliphatic rings. The average Bonchev–Trinajstić information content (AvgIpc) is 2.03. The standard InChI is InChI=1S/C8H18N2.2ClH/c1-9-5-2-8-3-6-10-7-4-8;;/h8-10H,2-7H2,1H3;2*1H. The molecule has 1 rings (SSSR count). The van der Waals surface area contributed by atoms with Crippen molar-refractivity contribution in [2.45, 2.75) is 19.3 Å². The van der Waals surface area contributed by atoms with Crippen LogP contribution < -0.4 is 10.6 Å². The fraction of sp³-hybridized carbons (Fsp3) is 1.00. The second-order valence-corrected chi connectivity index (χ2v) is 3.09. The van der Waals surface area contributed by atoms with E-state index in [9.17, 15) is 0 Å². The molecule has 0 amide bonds. The van der Waals surface area contributed by atoms with Crippen molar-refractivity contribution < 1.29 is 0 Å². The van der Waals surface area contributed by atoms with Gasteiger partial charge in [-0.3, -0.25) is 0 Å². The Kier molecular flexibility index (Phi) is 12.0. The molecule has 12 heavy (non-hydrogen) atoms. The van der Waals surface area contributed by atoms with Gasteiger partial charge in [0.1, 0.15) is 0 Å². The molecule has 0 saturated carbocycles. The van der Waals surface area contributed by atoms with Gasteiger partial charge in [-0.1, -0.05) is 0 Å². The zero-order valence-electron chi connectivity index (χ0n) is 7.64. The van der Waals surface area contributed by atoms with Crippen LogP contribution in [0.25, 0.3) is 0 Å². The molecular formula is C8H20Cl2N2. The molecule has 0 bridgehead atoms. The maximum Gasteiger partial charge on any atom is -0.00463 e. The summed E-state index contributed by atoms with van der Waals surface area (Å²) in [5, 5.41) is 6.57. The van der Waals surface area contributed by atoms with Crippen molar-refractivity contribution in [2.75, 3.05) is 26.7 Å². The Labute approximate surface area is 87.7 Å². The van der Waals surface area contributed by atoms with Crippen molar-refractivity contribution in [1.29, 1.82) is 0 Å². The molecule has 0 atom stereocenters. The van der Waals surface area contributed by atoms with Crippen molar-refractivity contribution in [3.05, 3.63) is 0 Å². The number of rotatable bonds is 3. The van der Waals surface area contributed by atoms with E-state index < -0.39 is 0 Å². The van der Waals surface area contributed by atoms with Gasteiger partial charge >= 0.3 is 0 Å². The van der Waals surface area contributed by atoms with E-state index >= 15 is 0 Å². The van der Waals surface area contributed by atoms with Crippen LogP contribution >= 0.6 is 24.8 Å². The topological polar surface area (TPSA) is 24.1 Å². The Morgan fingerprint density at radius 2 is 1.83 bits per heavy atom. The summed E-state index contributed by atoms with van der Waals surface area (Å²) in [6.45, 7) is 3.65. The second kappa shape index (κ2) is 9.59. The van der Waals surface area contributed by atoms with Crippen LogP contribution in [0.15, 0.2) is 0 Å². The monoisotopic (exact) mass is 214 g/mol. The van der Waals surface area contributed by atoms with Crippen molar-refractivity contribution in [2.24, 2.45) is 5.92 Å². The van der Waals surface area contributed by atoms with Crippen molar-refractivity contribution in [3.8, 4) is 0 Å². The van der Waals surface area contributed by atoms with E-state index in [2.05, 4.69) is 10.6 Å². The number of nitrogens with one attached hydrogen (secondary N) is 2. The minimum Gasteiger partial charge on any atom is -0.320 e. The summed E-state index contributed by atoms with van der Waals surface area (Å²) in [6.07, 6.45) is 4.11. The molecule has 0 spiro atoms. The molecule has 1 aliphatic heterocycles. The smallest absolute Gasteiger partial charge is 0.00463 e. The first-order chi connectivity index (χ1) is 4.93. The van der Waals surface area contributed by atoms with E-state index in [-0.39, 0.29) is 24.8 Å². The molecule has 1 heterocycles. The summed E-state index contributed by atoms with van der Waals surface area (Å²) in [5.41, 5.74) is 0. The number of piperidine rings is 1. The summed E-state index contributed by atoms with van der Waals surface area (Å²) in [5.74, 6) is 0.980. The zero-order chi connectivity index (χ0) is 7.23. The van der Waals surface area contributed by atoms with Crippen LogP contribution in [0.2, 0.25) is 0 Å². The van der Waals surface area contributed by atoms with Crippen LogP contribution in [0.1, 0.15) is 19.3 Å². The van der Waals surface area contributed by atoms with Gasteiger partial charge in [0.05, 0.1) is 0 Å². The second-order valence-electron chi connectivity index (χ2n) is 3.09. The van der Waals surface area contributed by atoms with E-state index in [1.807, 2.05) is 7.05 Å². The number of hydrogen-bond donors (Lipinski definition) is 2. The fourth-order valence-electron chi connectivity index (χ4n) is 1.52. The molecule has 0 aromatic heterocycles. The largest absolute Gasteiger partial charge is 0.320 e. The Balaban J connectivity index is 0. The molecule has 76 valence electrons. The molecule has 2 nitrogen and oxygen atoms in total. The van der Waals surface area contributed by atoms with Crippen LogP contribution in [0.5, 0.6) is 0 Å². The van der Waals surface area contributed by atoms with Crippen LogP contribution in [-0.4, -0.2) is 26.7 Å². The molecule has 0 unspecified atom stereocenters. The number of hydrogen-bond acceptors (Lipinski definition) is 2. The van der Waals surface area contributed by atoms with Crippen LogP contribution in [0.4, 0.5) is 0 Å². The van der Waals surface area contributed by atoms with Gasteiger partial charge in [-0.15, -0.1) is 24.8 Å². The van der Waals surface area contributed by atoms with Crippen LogP contribution in [0.3, 0.4) is 0 Å². The van der Waals surface area contributed by atoms with E-state index in [4.69, 9.17) is 0 Å². The summed E-state index contributed by atoms with van der Waals surface area (Å²) in [6, 6.07) is 0. The van der Waals surface area contributed by atoms with Gasteiger partial charge in [0, 0.05) is 0 Å². The van der Waals surface area contributed by atoms with Gasteiger partial charge in [0.15, 0.2) is 0 Å². The summed E-state index contributed by atoms with van der Waals surface area (Å²) in [4.78, 5) is 0. The van der Waals surface area contributed by atoms with Gasteiger partial charge in [-0.2, -0.15) is 0 Å². The van der Waals surface area contributed by atoms with Gasteiger partial charge in [-0.25, -0.2) is 0 Å². The quantitative estimate of drug-likeness (QED) is 0.744. The first-order valence-electron chi connectivity index (χ1n) is 4.29. The van der Waals surface area contributed by atoms with Crippen molar-refractivity contribution in [1.82, 2.24) is 10.6 Å². The summed E-state index contributed by atoms with van der Waals surface area (Å²) >= 11 is 0. The minimum atomic E-state index is 0. The van der Waals surface area contributed by atoms with Crippen LogP contribution in [0, 0.1) is 5.92 Å². The molecule has 2 N–H and O–H groups in total. The lowest BCUT2D eigenvalue weighted by Gasteiger charge is -2.22. The van der Waals surface area contributed by atoms with E-state index in [0.717, 1.165) is 5.92 Å². The third-order valence-corrected chi connectivity index (χ3v) is 2.26. The highest BCUT2D eigenvalue weighted by Gasteiger charge is 2.11. The summed E-state index contributed by atoms with van der Waals surface area (Å²) in [7, 11) is 2.03. The lowest BCUT2D eigenvalue weighted by atomic mass is 9.95. The molecule has 0 radical (unpaired) electrons. The first kappa shape index (κ1) is 15.0. The van der Waals surface area contributed by atoms with Gasteiger partial charge < -0.3 is 10.6 Å². The minimum absolute atomic E-state index is 0. The SMILES string of the molecule is CNCCC1CCNCC1.Cl.Cl. The van der Waals surface area contributed by atoms with Gasteiger partial charge in [-0.05, 0) is 51.9 Å². The molecular weight excluding hydrogens is 195 g/mol. The Bertz CT molecular complexity index is 85.1. The molecule has 0 aliphatic carbocycles. The first-order valence-corrected chi connectivity index (χ1v) is 4.29. The molecule has 1 saturated heterocycles. The predicted molar refractivity (Wildman–Crippen MR) is 58.6 cm³/mol. The highest BCUT2D eigenvalue weighted by atomic mass is 35.5. The zero-order valence-corrected chi connectivity index (χ0v) is 9.27. The maximum atomic E-state index is 3.37. The average molecular weight is 215 g/mol. The normalized spacial score (nSPS) is 17.8. The predicted octanol–water partition coefficient (Wildman–Crippen LogP) is 1.44. The van der Waals surface area contributed by atoms with Gasteiger partial charge in [0.25, 0.3) is 0 Å². The highest BCUT2D eigenvalue weighted by Crippen LogP contribution is 2.14. The molecule has 0 aromatic rings. The van der Waals surface area contributed by atoms with Crippen molar-refractivity contribution >= 4 is 24.8 Å². The molecule has 1 fully saturated rings. The van der Waals surface area contributed by atoms with Crippen molar-refractivity contribution in [3.63, 3.8) is 0 Å². The lowest BCUT2D eigenvalue weighted by Crippen LogP contribution is -2.29. The van der Waals surface area contributed by atoms with Gasteiger partial charge in [0.2, 0.25) is 0 Å². The Morgan fingerprint density at radius 1 is 1.25 bits per heavy atom. The van der Waals surface area contributed by atoms with E-state index in [1.54, 1.807) is 0 Å². The molecule has 0 aromatic carbocycles. The third kappa shape index (κ3) is 6.06. The maximum absolute atomic E-state index is 3.37. The summed E-state index contributed by atoms with van der Waals surface area (Å²) < 4.78 is 0. The van der Waals surface area contributed by atoms with Crippen LogP contribution in [-0.2, 0) is 0 Å². The van der Waals surface area contributed by atoms with E-state index in [1.165, 1.54) is 38.9 Å². The third-order valence-electron chi connectivity index (χ3n) is 2.26. The highest BCUT2D eigenvalue weighted by molar-refractivity contribution is 5.85. The lowest BCUT2D eigenvalue weighted by molar-refractivity contribution is 0.351. The number of halogens is 2. The Hall–Kier alpha value is 0.500. The fourth-order valence-corrected chi connectivity index (χ4v) is 1.52. The molecule has 4 heteroatoms.